The van der Waals surface area contributed by atoms with E-state index in [1.807, 2.05) is 34.3 Å². The Morgan fingerprint density at radius 2 is 2.12 bits per heavy atom. The molecule has 2 aromatic heterocycles. The van der Waals surface area contributed by atoms with Gasteiger partial charge in [0.2, 0.25) is 0 Å². The minimum atomic E-state index is 0.623. The van der Waals surface area contributed by atoms with Crippen LogP contribution in [-0.4, -0.2) is 9.38 Å². The summed E-state index contributed by atoms with van der Waals surface area (Å²) in [7, 11) is 0. The topological polar surface area (TPSA) is 17.3 Å². The molecule has 0 saturated heterocycles. The first kappa shape index (κ1) is 10.1. The van der Waals surface area contributed by atoms with Crippen molar-refractivity contribution in [2.24, 2.45) is 0 Å². The van der Waals surface area contributed by atoms with Gasteiger partial charge in [-0.15, -0.1) is 11.3 Å². The van der Waals surface area contributed by atoms with Crippen LogP contribution in [0, 0.1) is 0 Å². The molecule has 0 aliphatic heterocycles. The Balaban J connectivity index is 2.19. The van der Waals surface area contributed by atoms with Crippen LogP contribution >= 0.6 is 34.5 Å². The van der Waals surface area contributed by atoms with E-state index in [2.05, 4.69) is 4.98 Å². The maximum atomic E-state index is 6.13. The van der Waals surface area contributed by atoms with E-state index in [0.717, 1.165) is 16.2 Å². The molecule has 0 spiro atoms. The summed E-state index contributed by atoms with van der Waals surface area (Å²) < 4.78 is 1.98. The molecule has 0 saturated carbocycles. The number of thiazole rings is 1. The van der Waals surface area contributed by atoms with Gasteiger partial charge in [-0.2, -0.15) is 0 Å². The van der Waals surface area contributed by atoms with Crippen LogP contribution in [0.25, 0.3) is 16.2 Å². The van der Waals surface area contributed by atoms with E-state index >= 15 is 0 Å². The highest BCUT2D eigenvalue weighted by atomic mass is 35.5. The first-order valence-corrected chi connectivity index (χ1v) is 6.25. The van der Waals surface area contributed by atoms with Crippen molar-refractivity contribution >= 4 is 39.5 Å². The van der Waals surface area contributed by atoms with Crippen molar-refractivity contribution in [3.8, 4) is 11.3 Å². The van der Waals surface area contributed by atoms with Gasteiger partial charge < -0.3 is 0 Å². The highest BCUT2D eigenvalue weighted by Gasteiger charge is 2.08. The molecule has 3 rings (SSSR count). The zero-order valence-electron chi connectivity index (χ0n) is 8.02. The second kappa shape index (κ2) is 3.77. The molecule has 0 N–H and O–H groups in total. The van der Waals surface area contributed by atoms with Gasteiger partial charge in [0.25, 0.3) is 0 Å². The zero-order valence-corrected chi connectivity index (χ0v) is 10.4. The minimum absolute atomic E-state index is 0.623. The SMILES string of the molecule is Clc1ccc(-c2cn3ccsc3n2)c(Cl)c1. The number of rotatable bonds is 1. The molecule has 3 aromatic rings. The maximum absolute atomic E-state index is 6.13. The van der Waals surface area contributed by atoms with Crippen LogP contribution in [-0.2, 0) is 0 Å². The van der Waals surface area contributed by atoms with Crippen LogP contribution in [0.4, 0.5) is 0 Å². The minimum Gasteiger partial charge on any atom is -0.297 e. The van der Waals surface area contributed by atoms with Crippen molar-refractivity contribution in [1.29, 1.82) is 0 Å². The number of imidazole rings is 1. The molecule has 0 radical (unpaired) electrons. The first-order valence-electron chi connectivity index (χ1n) is 4.62. The van der Waals surface area contributed by atoms with Crippen molar-refractivity contribution in [1.82, 2.24) is 9.38 Å². The van der Waals surface area contributed by atoms with Crippen molar-refractivity contribution in [2.75, 3.05) is 0 Å². The summed E-state index contributed by atoms with van der Waals surface area (Å²) in [5, 5.41) is 3.25. The summed E-state index contributed by atoms with van der Waals surface area (Å²) in [4.78, 5) is 5.45. The van der Waals surface area contributed by atoms with Gasteiger partial charge in [0, 0.05) is 28.4 Å². The number of nitrogens with zero attached hydrogens (tertiary/aromatic N) is 2. The highest BCUT2D eigenvalue weighted by molar-refractivity contribution is 7.15. The Bertz CT molecular complexity index is 628. The molecule has 0 fully saturated rings. The van der Waals surface area contributed by atoms with Crippen LogP contribution in [0.2, 0.25) is 10.0 Å². The molecule has 5 heteroatoms. The molecule has 16 heavy (non-hydrogen) atoms. The summed E-state index contributed by atoms with van der Waals surface area (Å²) in [6, 6.07) is 5.43. The maximum Gasteiger partial charge on any atom is 0.194 e. The Kier molecular flexibility index (Phi) is 2.39. The van der Waals surface area contributed by atoms with E-state index in [0.29, 0.717) is 10.0 Å². The van der Waals surface area contributed by atoms with Gasteiger partial charge in [-0.3, -0.25) is 4.40 Å². The highest BCUT2D eigenvalue weighted by Crippen LogP contribution is 2.30. The molecule has 0 aliphatic carbocycles. The van der Waals surface area contributed by atoms with Crippen molar-refractivity contribution in [2.45, 2.75) is 0 Å². The van der Waals surface area contributed by atoms with E-state index in [9.17, 15) is 0 Å². The summed E-state index contributed by atoms with van der Waals surface area (Å²) in [5.41, 5.74) is 1.77. The predicted molar refractivity (Wildman–Crippen MR) is 68.5 cm³/mol. The van der Waals surface area contributed by atoms with E-state index in [1.54, 1.807) is 17.4 Å². The third-order valence-corrected chi connectivity index (χ3v) is 3.62. The lowest BCUT2D eigenvalue weighted by molar-refractivity contribution is 1.23. The van der Waals surface area contributed by atoms with E-state index in [-0.39, 0.29) is 0 Å². The molecule has 0 aliphatic rings. The fourth-order valence-electron chi connectivity index (χ4n) is 1.55. The molecular weight excluding hydrogens is 263 g/mol. The molecule has 1 aromatic carbocycles. The number of aromatic nitrogens is 2. The third kappa shape index (κ3) is 1.61. The van der Waals surface area contributed by atoms with Crippen LogP contribution in [0.15, 0.2) is 36.0 Å². The largest absolute Gasteiger partial charge is 0.297 e. The average Bonchev–Trinajstić information content (AvgIpc) is 2.76. The molecule has 80 valence electrons. The van der Waals surface area contributed by atoms with Crippen molar-refractivity contribution in [3.05, 3.63) is 46.0 Å². The standard InChI is InChI=1S/C11H6Cl2N2S/c12-7-1-2-8(9(13)5-7)10-6-15-3-4-16-11(15)14-10/h1-6H. The summed E-state index contributed by atoms with van der Waals surface area (Å²) in [5.74, 6) is 0. The molecule has 0 unspecified atom stereocenters. The van der Waals surface area contributed by atoms with Crippen LogP contribution in [0.3, 0.4) is 0 Å². The average molecular weight is 269 g/mol. The Hall–Kier alpha value is -1.03. The summed E-state index contributed by atoms with van der Waals surface area (Å²) in [6.45, 7) is 0. The van der Waals surface area contributed by atoms with Gasteiger partial charge in [0.1, 0.15) is 0 Å². The number of benzene rings is 1. The fourth-order valence-corrected chi connectivity index (χ4v) is 2.76. The smallest absolute Gasteiger partial charge is 0.194 e. The predicted octanol–water partition coefficient (Wildman–Crippen LogP) is 4.37. The third-order valence-electron chi connectivity index (χ3n) is 2.30. The molecule has 0 amide bonds. The molecule has 0 bridgehead atoms. The van der Waals surface area contributed by atoms with Crippen LogP contribution in [0.5, 0.6) is 0 Å². The van der Waals surface area contributed by atoms with Gasteiger partial charge in [-0.25, -0.2) is 4.98 Å². The van der Waals surface area contributed by atoms with Crippen molar-refractivity contribution in [3.63, 3.8) is 0 Å². The van der Waals surface area contributed by atoms with Crippen molar-refractivity contribution < 1.29 is 0 Å². The number of fused-ring (bicyclic) bond motifs is 1. The summed E-state index contributed by atoms with van der Waals surface area (Å²) in [6.07, 6.45) is 3.93. The number of hydrogen-bond donors (Lipinski definition) is 0. The Labute approximate surface area is 106 Å². The molecule has 2 nitrogen and oxygen atoms in total. The van der Waals surface area contributed by atoms with Gasteiger partial charge in [0.05, 0.1) is 10.7 Å². The fraction of sp³-hybridized carbons (Fsp3) is 0. The lowest BCUT2D eigenvalue weighted by Crippen LogP contribution is -1.79. The van der Waals surface area contributed by atoms with Gasteiger partial charge in [0.15, 0.2) is 4.96 Å². The van der Waals surface area contributed by atoms with Gasteiger partial charge >= 0.3 is 0 Å². The molecular formula is C11H6Cl2N2S. The number of halogens is 2. The zero-order chi connectivity index (χ0) is 11.1. The number of hydrogen-bond acceptors (Lipinski definition) is 2. The lowest BCUT2D eigenvalue weighted by atomic mass is 10.2. The lowest BCUT2D eigenvalue weighted by Gasteiger charge is -2.00. The Morgan fingerprint density at radius 3 is 2.88 bits per heavy atom. The second-order valence-electron chi connectivity index (χ2n) is 3.34. The van der Waals surface area contributed by atoms with E-state index in [1.165, 1.54) is 0 Å². The summed E-state index contributed by atoms with van der Waals surface area (Å²) >= 11 is 13.6. The normalized spacial score (nSPS) is 11.1. The van der Waals surface area contributed by atoms with E-state index in [4.69, 9.17) is 23.2 Å². The molecule has 2 heterocycles. The Morgan fingerprint density at radius 1 is 1.25 bits per heavy atom. The molecule has 0 atom stereocenters. The quantitative estimate of drug-likeness (QED) is 0.641. The van der Waals surface area contributed by atoms with E-state index < -0.39 is 0 Å². The van der Waals surface area contributed by atoms with Crippen LogP contribution in [0.1, 0.15) is 0 Å². The first-order chi connectivity index (χ1) is 7.74. The second-order valence-corrected chi connectivity index (χ2v) is 5.06. The van der Waals surface area contributed by atoms with Gasteiger partial charge in [-0.05, 0) is 18.2 Å². The van der Waals surface area contributed by atoms with Crippen LogP contribution < -0.4 is 0 Å². The van der Waals surface area contributed by atoms with Gasteiger partial charge in [-0.1, -0.05) is 23.2 Å². The monoisotopic (exact) mass is 268 g/mol.